The van der Waals surface area contributed by atoms with Crippen LogP contribution in [0.5, 0.6) is 0 Å². The number of hydrogen-bond donors (Lipinski definition) is 1. The van der Waals surface area contributed by atoms with Gasteiger partial charge < -0.3 is 10.5 Å². The van der Waals surface area contributed by atoms with Crippen molar-refractivity contribution in [3.63, 3.8) is 0 Å². The van der Waals surface area contributed by atoms with Gasteiger partial charge in [-0.05, 0) is 63.1 Å². The SMILES string of the molecule is Cc1cc(C)c(COC2CCCC(N)C2)c(C)c1. The van der Waals surface area contributed by atoms with Crippen molar-refractivity contribution in [2.45, 2.75) is 65.2 Å². The lowest BCUT2D eigenvalue weighted by Gasteiger charge is -2.27. The van der Waals surface area contributed by atoms with E-state index in [0.29, 0.717) is 12.1 Å². The quantitative estimate of drug-likeness (QED) is 0.888. The largest absolute Gasteiger partial charge is 0.373 e. The summed E-state index contributed by atoms with van der Waals surface area (Å²) in [6.45, 7) is 7.22. The molecule has 1 saturated carbocycles. The van der Waals surface area contributed by atoms with E-state index in [2.05, 4.69) is 32.9 Å². The fourth-order valence-corrected chi connectivity index (χ4v) is 2.97. The number of aryl methyl sites for hydroxylation is 3. The second-order valence-corrected chi connectivity index (χ2v) is 5.74. The topological polar surface area (TPSA) is 35.2 Å². The van der Waals surface area contributed by atoms with Crippen molar-refractivity contribution in [2.75, 3.05) is 0 Å². The maximum Gasteiger partial charge on any atom is 0.0725 e. The van der Waals surface area contributed by atoms with Gasteiger partial charge in [-0.25, -0.2) is 0 Å². The Bertz CT molecular complexity index is 391. The van der Waals surface area contributed by atoms with Crippen molar-refractivity contribution >= 4 is 0 Å². The van der Waals surface area contributed by atoms with Gasteiger partial charge in [-0.2, -0.15) is 0 Å². The highest BCUT2D eigenvalue weighted by Crippen LogP contribution is 2.23. The molecule has 0 spiro atoms. The Hall–Kier alpha value is -0.860. The maximum atomic E-state index is 6.06. The van der Waals surface area contributed by atoms with Crippen LogP contribution in [0.15, 0.2) is 12.1 Å². The molecule has 2 rings (SSSR count). The van der Waals surface area contributed by atoms with Crippen molar-refractivity contribution in [1.29, 1.82) is 0 Å². The monoisotopic (exact) mass is 247 g/mol. The molecule has 2 N–H and O–H groups in total. The van der Waals surface area contributed by atoms with Gasteiger partial charge >= 0.3 is 0 Å². The molecule has 2 unspecified atom stereocenters. The Morgan fingerprint density at radius 1 is 1.17 bits per heavy atom. The minimum absolute atomic E-state index is 0.337. The van der Waals surface area contributed by atoms with Crippen LogP contribution in [-0.4, -0.2) is 12.1 Å². The van der Waals surface area contributed by atoms with E-state index in [1.54, 1.807) is 0 Å². The van der Waals surface area contributed by atoms with E-state index in [4.69, 9.17) is 10.5 Å². The van der Waals surface area contributed by atoms with E-state index in [9.17, 15) is 0 Å². The van der Waals surface area contributed by atoms with Crippen LogP contribution in [0, 0.1) is 20.8 Å². The molecule has 0 bridgehead atoms. The van der Waals surface area contributed by atoms with Gasteiger partial charge in [-0.3, -0.25) is 0 Å². The van der Waals surface area contributed by atoms with Crippen LogP contribution in [0.3, 0.4) is 0 Å². The van der Waals surface area contributed by atoms with Crippen LogP contribution in [0.25, 0.3) is 0 Å². The lowest BCUT2D eigenvalue weighted by atomic mass is 9.93. The van der Waals surface area contributed by atoms with Crippen LogP contribution in [0.4, 0.5) is 0 Å². The number of benzene rings is 1. The molecule has 1 aliphatic carbocycles. The van der Waals surface area contributed by atoms with Crippen molar-refractivity contribution in [3.05, 3.63) is 34.4 Å². The fourth-order valence-electron chi connectivity index (χ4n) is 2.97. The average Bonchev–Trinajstić information content (AvgIpc) is 2.27. The first kappa shape index (κ1) is 13.6. The molecule has 1 aromatic carbocycles. The van der Waals surface area contributed by atoms with Gasteiger partial charge in [0.05, 0.1) is 12.7 Å². The molecule has 1 fully saturated rings. The maximum absolute atomic E-state index is 6.06. The Labute approximate surface area is 111 Å². The van der Waals surface area contributed by atoms with Gasteiger partial charge in [-0.1, -0.05) is 17.7 Å². The molecule has 0 radical (unpaired) electrons. The zero-order chi connectivity index (χ0) is 13.1. The van der Waals surface area contributed by atoms with Gasteiger partial charge in [0.1, 0.15) is 0 Å². The Morgan fingerprint density at radius 3 is 2.44 bits per heavy atom. The van der Waals surface area contributed by atoms with Crippen LogP contribution in [0.1, 0.15) is 47.9 Å². The van der Waals surface area contributed by atoms with Crippen LogP contribution in [0.2, 0.25) is 0 Å². The van der Waals surface area contributed by atoms with Gasteiger partial charge in [0.2, 0.25) is 0 Å². The van der Waals surface area contributed by atoms with E-state index in [0.717, 1.165) is 25.9 Å². The lowest BCUT2D eigenvalue weighted by molar-refractivity contribution is 0.0118. The summed E-state index contributed by atoms with van der Waals surface area (Å²) in [4.78, 5) is 0. The first-order valence-corrected chi connectivity index (χ1v) is 7.00. The predicted octanol–water partition coefficient (Wildman–Crippen LogP) is 3.40. The molecule has 18 heavy (non-hydrogen) atoms. The molecule has 2 atom stereocenters. The lowest BCUT2D eigenvalue weighted by Crippen LogP contribution is -2.32. The Morgan fingerprint density at radius 2 is 1.83 bits per heavy atom. The minimum atomic E-state index is 0.337. The summed E-state index contributed by atoms with van der Waals surface area (Å²) < 4.78 is 6.06. The third-order valence-electron chi connectivity index (χ3n) is 3.97. The molecular formula is C16H25NO. The zero-order valence-electron chi connectivity index (χ0n) is 11.8. The first-order valence-electron chi connectivity index (χ1n) is 7.00. The molecule has 0 saturated heterocycles. The average molecular weight is 247 g/mol. The van der Waals surface area contributed by atoms with Gasteiger partial charge in [0, 0.05) is 6.04 Å². The summed E-state index contributed by atoms with van der Waals surface area (Å²) in [6.07, 6.45) is 4.90. The molecule has 0 aromatic heterocycles. The fraction of sp³-hybridized carbons (Fsp3) is 0.625. The van der Waals surface area contributed by atoms with Gasteiger partial charge in [-0.15, -0.1) is 0 Å². The predicted molar refractivity (Wildman–Crippen MR) is 75.7 cm³/mol. The molecule has 1 aromatic rings. The summed E-state index contributed by atoms with van der Waals surface area (Å²) in [5, 5.41) is 0. The summed E-state index contributed by atoms with van der Waals surface area (Å²) in [7, 11) is 0. The van der Waals surface area contributed by atoms with E-state index in [1.165, 1.54) is 28.7 Å². The number of hydrogen-bond acceptors (Lipinski definition) is 2. The highest BCUT2D eigenvalue weighted by atomic mass is 16.5. The molecule has 0 heterocycles. The molecule has 1 aliphatic rings. The van der Waals surface area contributed by atoms with Crippen molar-refractivity contribution in [1.82, 2.24) is 0 Å². The van der Waals surface area contributed by atoms with E-state index in [1.807, 2.05) is 0 Å². The van der Waals surface area contributed by atoms with Gasteiger partial charge in [0.25, 0.3) is 0 Å². The summed E-state index contributed by atoms with van der Waals surface area (Å²) in [5.41, 5.74) is 11.3. The molecule has 0 amide bonds. The highest BCUT2D eigenvalue weighted by Gasteiger charge is 2.20. The van der Waals surface area contributed by atoms with Crippen LogP contribution < -0.4 is 5.73 Å². The standard InChI is InChI=1S/C16H25NO/c1-11-7-12(2)16(13(3)8-11)10-18-15-6-4-5-14(17)9-15/h7-8,14-15H,4-6,9-10,17H2,1-3H3. The first-order chi connectivity index (χ1) is 8.56. The number of ether oxygens (including phenoxy) is 1. The second kappa shape index (κ2) is 5.85. The van der Waals surface area contributed by atoms with Crippen molar-refractivity contribution < 1.29 is 4.74 Å². The Kier molecular flexibility index (Phi) is 4.41. The summed E-state index contributed by atoms with van der Waals surface area (Å²) in [5.74, 6) is 0. The van der Waals surface area contributed by atoms with Crippen LogP contribution in [-0.2, 0) is 11.3 Å². The Balaban J connectivity index is 1.97. The third-order valence-corrected chi connectivity index (χ3v) is 3.97. The van der Waals surface area contributed by atoms with Crippen molar-refractivity contribution in [2.24, 2.45) is 5.73 Å². The smallest absolute Gasteiger partial charge is 0.0725 e. The van der Waals surface area contributed by atoms with Crippen molar-refractivity contribution in [3.8, 4) is 0 Å². The van der Waals surface area contributed by atoms with Gasteiger partial charge in [0.15, 0.2) is 0 Å². The minimum Gasteiger partial charge on any atom is -0.373 e. The molecular weight excluding hydrogens is 222 g/mol. The van der Waals surface area contributed by atoms with E-state index in [-0.39, 0.29) is 0 Å². The summed E-state index contributed by atoms with van der Waals surface area (Å²) in [6, 6.07) is 4.81. The molecule has 100 valence electrons. The summed E-state index contributed by atoms with van der Waals surface area (Å²) >= 11 is 0. The van der Waals surface area contributed by atoms with E-state index < -0.39 is 0 Å². The number of nitrogens with two attached hydrogens (primary N) is 1. The molecule has 0 aliphatic heterocycles. The third kappa shape index (κ3) is 3.33. The normalized spacial score (nSPS) is 24.2. The number of rotatable bonds is 3. The second-order valence-electron chi connectivity index (χ2n) is 5.74. The van der Waals surface area contributed by atoms with E-state index >= 15 is 0 Å². The molecule has 2 heteroatoms. The zero-order valence-corrected chi connectivity index (χ0v) is 11.8. The van der Waals surface area contributed by atoms with Crippen LogP contribution >= 0.6 is 0 Å². The highest BCUT2D eigenvalue weighted by molar-refractivity contribution is 5.36. The molecule has 2 nitrogen and oxygen atoms in total.